The quantitative estimate of drug-likeness (QED) is 0.267. The van der Waals surface area contributed by atoms with Gasteiger partial charge in [0.05, 0.1) is 20.4 Å². The van der Waals surface area contributed by atoms with Crippen LogP contribution in [0.5, 0.6) is 5.75 Å². The van der Waals surface area contributed by atoms with Crippen molar-refractivity contribution in [1.82, 2.24) is 4.90 Å². The van der Waals surface area contributed by atoms with Crippen LogP contribution in [0.3, 0.4) is 0 Å². The van der Waals surface area contributed by atoms with Gasteiger partial charge in [0.25, 0.3) is 11.1 Å². The highest BCUT2D eigenvalue weighted by atomic mass is 79.9. The van der Waals surface area contributed by atoms with Crippen molar-refractivity contribution in [2.45, 2.75) is 13.2 Å². The molecular weight excluding hydrogens is 597 g/mol. The molecule has 3 aromatic rings. The molecular formula is C24H15Br2ClFNO3S. The van der Waals surface area contributed by atoms with Crippen LogP contribution in [0.4, 0.5) is 9.18 Å². The van der Waals surface area contributed by atoms with Crippen molar-refractivity contribution in [3.8, 4) is 5.75 Å². The number of rotatable bonds is 6. The first kappa shape index (κ1) is 24.0. The number of ether oxygens (including phenoxy) is 1. The Labute approximate surface area is 216 Å². The normalized spacial score (nSPS) is 14.9. The molecule has 0 N–H and O–H groups in total. The summed E-state index contributed by atoms with van der Waals surface area (Å²) in [5, 5.41) is -0.316. The van der Waals surface area contributed by atoms with Crippen LogP contribution in [0.25, 0.3) is 6.08 Å². The van der Waals surface area contributed by atoms with Crippen molar-refractivity contribution in [1.29, 1.82) is 0 Å². The minimum atomic E-state index is -0.565. The number of thioether (sulfide) groups is 1. The van der Waals surface area contributed by atoms with Gasteiger partial charge >= 0.3 is 0 Å². The Bertz CT molecular complexity index is 1230. The lowest BCUT2D eigenvalue weighted by molar-refractivity contribution is -0.123. The van der Waals surface area contributed by atoms with E-state index in [1.54, 1.807) is 18.2 Å². The summed E-state index contributed by atoms with van der Waals surface area (Å²) in [5.41, 5.74) is 1.83. The molecule has 0 aromatic heterocycles. The molecule has 0 spiro atoms. The predicted octanol–water partition coefficient (Wildman–Crippen LogP) is 7.82. The molecule has 0 saturated carbocycles. The second-order valence-electron chi connectivity index (χ2n) is 7.06. The topological polar surface area (TPSA) is 46.6 Å². The summed E-state index contributed by atoms with van der Waals surface area (Å²) in [5.74, 6) is -0.441. The van der Waals surface area contributed by atoms with Gasteiger partial charge in [-0.15, -0.1) is 0 Å². The molecule has 0 aliphatic carbocycles. The van der Waals surface area contributed by atoms with Crippen molar-refractivity contribution >= 4 is 72.4 Å². The van der Waals surface area contributed by atoms with Crippen LogP contribution in [0, 0.1) is 5.82 Å². The highest BCUT2D eigenvalue weighted by molar-refractivity contribution is 9.11. The Hall–Kier alpha value is -2.13. The maximum absolute atomic E-state index is 14.1. The van der Waals surface area contributed by atoms with Gasteiger partial charge in [-0.25, -0.2) is 4.39 Å². The van der Waals surface area contributed by atoms with Crippen molar-refractivity contribution < 1.29 is 18.7 Å². The molecule has 1 aliphatic rings. The maximum atomic E-state index is 14.1. The second-order valence-corrected chi connectivity index (χ2v) is 10.2. The molecule has 1 saturated heterocycles. The van der Waals surface area contributed by atoms with Crippen LogP contribution in [-0.4, -0.2) is 16.0 Å². The molecule has 9 heteroatoms. The van der Waals surface area contributed by atoms with E-state index in [2.05, 4.69) is 31.9 Å². The Morgan fingerprint density at radius 1 is 1.03 bits per heavy atom. The Morgan fingerprint density at radius 2 is 1.73 bits per heavy atom. The molecule has 0 radical (unpaired) electrons. The van der Waals surface area contributed by atoms with Gasteiger partial charge in [-0.05, 0) is 85.1 Å². The lowest BCUT2D eigenvalue weighted by Gasteiger charge is -2.14. The van der Waals surface area contributed by atoms with E-state index >= 15 is 0 Å². The van der Waals surface area contributed by atoms with Crippen LogP contribution in [0.1, 0.15) is 16.7 Å². The van der Waals surface area contributed by atoms with Crippen LogP contribution in [0.15, 0.2) is 74.5 Å². The molecule has 1 fully saturated rings. The number of hydrogen-bond donors (Lipinski definition) is 0. The lowest BCUT2D eigenvalue weighted by atomic mass is 10.2. The molecule has 2 amide bonds. The minimum absolute atomic E-state index is 0.105. The van der Waals surface area contributed by atoms with Gasteiger partial charge in [0.1, 0.15) is 18.2 Å². The fourth-order valence-electron chi connectivity index (χ4n) is 3.16. The number of amides is 2. The van der Waals surface area contributed by atoms with Crippen molar-refractivity contribution in [2.75, 3.05) is 0 Å². The first-order valence-corrected chi connectivity index (χ1v) is 12.5. The summed E-state index contributed by atoms with van der Waals surface area (Å²) < 4.78 is 21.4. The van der Waals surface area contributed by atoms with Crippen molar-refractivity contribution in [3.63, 3.8) is 0 Å². The SMILES string of the molecule is O=C1S/C(=C\c2cc(Br)c(OCc3ccccc3)c(Br)c2)C(=O)N1Cc1c(F)cccc1Cl. The van der Waals surface area contributed by atoms with Crippen LogP contribution in [0.2, 0.25) is 5.02 Å². The zero-order chi connectivity index (χ0) is 23.5. The van der Waals surface area contributed by atoms with Crippen molar-refractivity contribution in [3.05, 3.63) is 102 Å². The van der Waals surface area contributed by atoms with E-state index in [0.29, 0.717) is 26.9 Å². The third-order valence-corrected chi connectivity index (χ3v) is 7.24. The first-order valence-electron chi connectivity index (χ1n) is 9.67. The Morgan fingerprint density at radius 3 is 2.39 bits per heavy atom. The molecule has 33 heavy (non-hydrogen) atoms. The summed E-state index contributed by atoms with van der Waals surface area (Å²) in [4.78, 5) is 26.5. The smallest absolute Gasteiger partial charge is 0.293 e. The van der Waals surface area contributed by atoms with Crippen LogP contribution in [-0.2, 0) is 17.9 Å². The van der Waals surface area contributed by atoms with Crippen LogP contribution < -0.4 is 4.74 Å². The van der Waals surface area contributed by atoms with Gasteiger partial charge in [-0.1, -0.05) is 48.0 Å². The molecule has 0 atom stereocenters. The second kappa shape index (κ2) is 10.4. The van der Waals surface area contributed by atoms with Gasteiger partial charge in [-0.2, -0.15) is 0 Å². The van der Waals surface area contributed by atoms with Crippen molar-refractivity contribution in [2.24, 2.45) is 0 Å². The Kier molecular flexibility index (Phi) is 7.58. The summed E-state index contributed by atoms with van der Waals surface area (Å²) in [6.07, 6.45) is 1.62. The fraction of sp³-hybridized carbons (Fsp3) is 0.0833. The molecule has 4 rings (SSSR count). The average Bonchev–Trinajstić information content (AvgIpc) is 3.03. The highest BCUT2D eigenvalue weighted by Crippen LogP contribution is 2.38. The monoisotopic (exact) mass is 609 g/mol. The van der Waals surface area contributed by atoms with Gasteiger partial charge in [-0.3, -0.25) is 14.5 Å². The third kappa shape index (κ3) is 5.51. The van der Waals surface area contributed by atoms with Gasteiger partial charge in [0.2, 0.25) is 0 Å². The zero-order valence-electron chi connectivity index (χ0n) is 16.9. The molecule has 168 valence electrons. The summed E-state index contributed by atoms with van der Waals surface area (Å²) in [6, 6.07) is 17.6. The number of carbonyl (C=O) groups excluding carboxylic acids is 2. The molecule has 4 nitrogen and oxygen atoms in total. The zero-order valence-corrected chi connectivity index (χ0v) is 21.6. The first-order chi connectivity index (χ1) is 15.8. The Balaban J connectivity index is 1.52. The van der Waals surface area contributed by atoms with E-state index in [1.807, 2.05) is 30.3 Å². The molecule has 1 aliphatic heterocycles. The molecule has 0 bridgehead atoms. The van der Waals surface area contributed by atoms with E-state index in [-0.39, 0.29) is 22.0 Å². The summed E-state index contributed by atoms with van der Waals surface area (Å²) in [6.45, 7) is 0.169. The van der Waals surface area contributed by atoms with E-state index in [9.17, 15) is 14.0 Å². The van der Waals surface area contributed by atoms with Gasteiger partial charge in [0, 0.05) is 10.6 Å². The number of carbonyl (C=O) groups is 2. The number of benzene rings is 3. The van der Waals surface area contributed by atoms with E-state index in [4.69, 9.17) is 16.3 Å². The van der Waals surface area contributed by atoms with Gasteiger partial charge < -0.3 is 4.74 Å². The summed E-state index contributed by atoms with van der Waals surface area (Å²) in [7, 11) is 0. The lowest BCUT2D eigenvalue weighted by Crippen LogP contribution is -2.28. The van der Waals surface area contributed by atoms with Crippen LogP contribution >= 0.6 is 55.2 Å². The number of halogens is 4. The largest absolute Gasteiger partial charge is 0.487 e. The predicted molar refractivity (Wildman–Crippen MR) is 136 cm³/mol. The molecule has 3 aromatic carbocycles. The average molecular weight is 612 g/mol. The number of nitrogens with zero attached hydrogens (tertiary/aromatic N) is 1. The van der Waals surface area contributed by atoms with E-state index in [0.717, 1.165) is 22.2 Å². The third-order valence-electron chi connectivity index (χ3n) is 4.80. The minimum Gasteiger partial charge on any atom is -0.487 e. The van der Waals surface area contributed by atoms with Gasteiger partial charge in [0.15, 0.2) is 0 Å². The summed E-state index contributed by atoms with van der Waals surface area (Å²) >= 11 is 13.9. The standard InChI is InChI=1S/C24H15Br2ClFNO3S/c25-17-9-15(10-18(26)22(17)32-13-14-5-2-1-3-6-14)11-21-23(30)29(24(31)33-21)12-16-19(27)7-4-8-20(16)28/h1-11H,12-13H2/b21-11-. The fourth-order valence-corrected chi connectivity index (χ4v) is 5.67. The number of hydrogen-bond acceptors (Lipinski definition) is 4. The highest BCUT2D eigenvalue weighted by Gasteiger charge is 2.36. The van der Waals surface area contributed by atoms with E-state index in [1.165, 1.54) is 18.2 Å². The van der Waals surface area contributed by atoms with E-state index < -0.39 is 17.0 Å². The molecule has 0 unspecified atom stereocenters. The number of imide groups is 1. The molecule has 1 heterocycles. The maximum Gasteiger partial charge on any atom is 0.293 e.